The first-order valence-electron chi connectivity index (χ1n) is 9.60. The van der Waals surface area contributed by atoms with Gasteiger partial charge in [-0.25, -0.2) is 0 Å². The van der Waals surface area contributed by atoms with Gasteiger partial charge in [-0.05, 0) is 70.9 Å². The normalized spacial score (nSPS) is 11.4. The molecule has 0 saturated carbocycles. The van der Waals surface area contributed by atoms with Crippen LogP contribution >= 0.6 is 15.9 Å². The van der Waals surface area contributed by atoms with Crippen LogP contribution in [0.1, 0.15) is 11.1 Å². The van der Waals surface area contributed by atoms with E-state index in [2.05, 4.69) is 21.2 Å². The summed E-state index contributed by atoms with van der Waals surface area (Å²) in [5.41, 5.74) is 1.74. The zero-order chi connectivity index (χ0) is 24.0. The highest BCUT2D eigenvalue weighted by Gasteiger charge is 2.22. The summed E-state index contributed by atoms with van der Waals surface area (Å²) in [7, 11) is -2.76. The zero-order valence-electron chi connectivity index (χ0n) is 17.7. The SMILES string of the molecule is COc1cc(/C=C(\C#N)C(=O)Nc2ccccc2)cc(Br)c1OS(=O)(=O)c1ccc(C)cc1. The highest BCUT2D eigenvalue weighted by atomic mass is 79.9. The lowest BCUT2D eigenvalue weighted by Gasteiger charge is -2.14. The fourth-order valence-electron chi connectivity index (χ4n) is 2.80. The summed E-state index contributed by atoms with van der Waals surface area (Å²) in [6, 6.07) is 19.8. The molecule has 3 rings (SSSR count). The minimum absolute atomic E-state index is 0.00428. The van der Waals surface area contributed by atoms with Crippen LogP contribution in [0.2, 0.25) is 0 Å². The van der Waals surface area contributed by atoms with Crippen LogP contribution in [0.3, 0.4) is 0 Å². The number of nitrogens with zero attached hydrogens (tertiary/aromatic N) is 1. The molecule has 7 nitrogen and oxygen atoms in total. The van der Waals surface area contributed by atoms with Gasteiger partial charge in [-0.3, -0.25) is 4.79 Å². The standard InChI is InChI=1S/C24H19BrN2O5S/c1-16-8-10-20(11-9-16)33(29,30)32-23-21(25)13-17(14-22(23)31-2)12-18(15-26)24(28)27-19-6-4-3-5-7-19/h3-14H,1-2H3,(H,27,28)/b18-12+. The molecule has 9 heteroatoms. The third-order valence-corrected chi connectivity index (χ3v) is 6.29. The van der Waals surface area contributed by atoms with Gasteiger partial charge in [0, 0.05) is 5.69 Å². The van der Waals surface area contributed by atoms with E-state index < -0.39 is 16.0 Å². The van der Waals surface area contributed by atoms with Gasteiger partial charge < -0.3 is 14.2 Å². The van der Waals surface area contributed by atoms with Crippen molar-refractivity contribution in [3.05, 3.63) is 87.9 Å². The van der Waals surface area contributed by atoms with Gasteiger partial charge in [-0.15, -0.1) is 0 Å². The van der Waals surface area contributed by atoms with Crippen molar-refractivity contribution in [3.63, 3.8) is 0 Å². The molecule has 3 aromatic rings. The molecule has 0 atom stereocenters. The van der Waals surface area contributed by atoms with E-state index in [-0.39, 0.29) is 26.4 Å². The number of methoxy groups -OCH3 is 1. The number of rotatable bonds is 7. The first-order valence-corrected chi connectivity index (χ1v) is 11.8. The molecule has 33 heavy (non-hydrogen) atoms. The van der Waals surface area contributed by atoms with Gasteiger partial charge >= 0.3 is 10.1 Å². The Morgan fingerprint density at radius 2 is 1.76 bits per heavy atom. The maximum atomic E-state index is 12.7. The molecule has 0 bridgehead atoms. The number of nitrogens with one attached hydrogen (secondary N) is 1. The number of hydrogen-bond acceptors (Lipinski definition) is 6. The van der Waals surface area contributed by atoms with Gasteiger partial charge in [-0.1, -0.05) is 35.9 Å². The molecule has 168 valence electrons. The van der Waals surface area contributed by atoms with E-state index >= 15 is 0 Å². The number of carbonyl (C=O) groups is 1. The smallest absolute Gasteiger partial charge is 0.339 e. The van der Waals surface area contributed by atoms with Crippen LogP contribution in [0, 0.1) is 18.3 Å². The van der Waals surface area contributed by atoms with E-state index in [0.29, 0.717) is 11.3 Å². The number of para-hydroxylation sites is 1. The molecule has 0 aliphatic rings. The summed E-state index contributed by atoms with van der Waals surface area (Å²) in [6.45, 7) is 1.85. The topological polar surface area (TPSA) is 105 Å². The number of benzene rings is 3. The van der Waals surface area contributed by atoms with E-state index in [9.17, 15) is 18.5 Å². The van der Waals surface area contributed by atoms with Gasteiger partial charge in [0.05, 0.1) is 11.6 Å². The van der Waals surface area contributed by atoms with Crippen LogP contribution in [0.4, 0.5) is 5.69 Å². The maximum absolute atomic E-state index is 12.7. The Morgan fingerprint density at radius 1 is 1.09 bits per heavy atom. The summed E-state index contributed by atoms with van der Waals surface area (Å²) < 4.78 is 36.3. The van der Waals surface area contributed by atoms with Crippen LogP contribution in [-0.2, 0) is 14.9 Å². The third-order valence-electron chi connectivity index (χ3n) is 4.46. The first-order chi connectivity index (χ1) is 15.7. The van der Waals surface area contributed by atoms with Gasteiger partial charge in [0.1, 0.15) is 16.5 Å². The highest BCUT2D eigenvalue weighted by Crippen LogP contribution is 2.39. The zero-order valence-corrected chi connectivity index (χ0v) is 20.1. The van der Waals surface area contributed by atoms with Crippen molar-refractivity contribution in [3.8, 4) is 17.6 Å². The summed E-state index contributed by atoms with van der Waals surface area (Å²) in [6.07, 6.45) is 1.36. The fourth-order valence-corrected chi connectivity index (χ4v) is 4.41. The number of ether oxygens (including phenoxy) is 1. The number of anilines is 1. The molecular weight excluding hydrogens is 508 g/mol. The van der Waals surface area contributed by atoms with Crippen molar-refractivity contribution in [2.75, 3.05) is 12.4 Å². The third kappa shape index (κ3) is 6.00. The minimum atomic E-state index is -4.12. The highest BCUT2D eigenvalue weighted by molar-refractivity contribution is 9.10. The Hall–Kier alpha value is -3.61. The Labute approximate surface area is 200 Å². The summed E-state index contributed by atoms with van der Waals surface area (Å²) >= 11 is 3.30. The van der Waals surface area contributed by atoms with Gasteiger partial charge in [0.25, 0.3) is 5.91 Å². The number of halogens is 1. The molecule has 1 amide bonds. The average Bonchev–Trinajstić information content (AvgIpc) is 2.79. The monoisotopic (exact) mass is 526 g/mol. The molecule has 0 aliphatic heterocycles. The number of aryl methyl sites for hydroxylation is 1. The predicted molar refractivity (Wildman–Crippen MR) is 128 cm³/mol. The maximum Gasteiger partial charge on any atom is 0.339 e. The second-order valence-corrected chi connectivity index (χ2v) is 9.28. The van der Waals surface area contributed by atoms with Crippen molar-refractivity contribution in [1.82, 2.24) is 0 Å². The van der Waals surface area contributed by atoms with E-state index in [1.165, 1.54) is 37.5 Å². The molecule has 0 aliphatic carbocycles. The largest absolute Gasteiger partial charge is 0.493 e. The van der Waals surface area contributed by atoms with Crippen molar-refractivity contribution >= 4 is 43.7 Å². The molecule has 0 fully saturated rings. The molecule has 0 aromatic heterocycles. The van der Waals surface area contributed by atoms with E-state index in [0.717, 1.165) is 5.56 Å². The average molecular weight is 527 g/mol. The Balaban J connectivity index is 1.91. The van der Waals surface area contributed by atoms with Crippen LogP contribution in [0.15, 0.2) is 81.7 Å². The number of nitriles is 1. The quantitative estimate of drug-likeness (QED) is 0.261. The van der Waals surface area contributed by atoms with Gasteiger partial charge in [-0.2, -0.15) is 13.7 Å². The Kier molecular flexibility index (Phi) is 7.53. The summed E-state index contributed by atoms with van der Waals surface area (Å²) in [4.78, 5) is 12.5. The molecule has 0 saturated heterocycles. The number of carbonyl (C=O) groups excluding carboxylic acids is 1. The molecule has 0 radical (unpaired) electrons. The van der Waals surface area contributed by atoms with Crippen LogP contribution in [0.5, 0.6) is 11.5 Å². The molecule has 0 spiro atoms. The van der Waals surface area contributed by atoms with Crippen LogP contribution < -0.4 is 14.2 Å². The van der Waals surface area contributed by atoms with Gasteiger partial charge in [0.15, 0.2) is 11.5 Å². The molecular formula is C24H19BrN2O5S. The molecule has 1 N–H and O–H groups in total. The van der Waals surface area contributed by atoms with Gasteiger partial charge in [0.2, 0.25) is 0 Å². The fraction of sp³-hybridized carbons (Fsp3) is 0.0833. The van der Waals surface area contributed by atoms with E-state index in [1.54, 1.807) is 36.4 Å². The lowest BCUT2D eigenvalue weighted by Crippen LogP contribution is -2.13. The number of amides is 1. The van der Waals surface area contributed by atoms with Crippen molar-refractivity contribution in [2.45, 2.75) is 11.8 Å². The lowest BCUT2D eigenvalue weighted by atomic mass is 10.1. The van der Waals surface area contributed by atoms with Crippen molar-refractivity contribution in [1.29, 1.82) is 5.26 Å². The second-order valence-electron chi connectivity index (χ2n) is 6.87. The summed E-state index contributed by atoms with van der Waals surface area (Å²) in [5.74, 6) is -0.532. The molecule has 0 unspecified atom stereocenters. The van der Waals surface area contributed by atoms with Crippen LogP contribution in [-0.4, -0.2) is 21.4 Å². The van der Waals surface area contributed by atoms with E-state index in [4.69, 9.17) is 8.92 Å². The lowest BCUT2D eigenvalue weighted by molar-refractivity contribution is -0.112. The minimum Gasteiger partial charge on any atom is -0.493 e. The first kappa shape index (κ1) is 24.0. The van der Waals surface area contributed by atoms with Crippen molar-refractivity contribution in [2.24, 2.45) is 0 Å². The predicted octanol–water partition coefficient (Wildman–Crippen LogP) is 5.08. The Bertz CT molecular complexity index is 1350. The molecule has 3 aromatic carbocycles. The van der Waals surface area contributed by atoms with E-state index in [1.807, 2.05) is 19.1 Å². The Morgan fingerprint density at radius 3 is 2.36 bits per heavy atom. The van der Waals surface area contributed by atoms with Crippen LogP contribution in [0.25, 0.3) is 6.08 Å². The molecule has 0 heterocycles. The number of hydrogen-bond donors (Lipinski definition) is 1. The summed E-state index contributed by atoms with van der Waals surface area (Å²) in [5, 5.41) is 12.1. The second kappa shape index (κ2) is 10.3. The van der Waals surface area contributed by atoms with Crippen molar-refractivity contribution < 1.29 is 22.1 Å².